The molecule has 0 fully saturated rings. The van der Waals surface area contributed by atoms with Crippen molar-refractivity contribution in [1.82, 2.24) is 9.88 Å². The molecule has 0 aliphatic rings. The number of para-hydroxylation sites is 1. The summed E-state index contributed by atoms with van der Waals surface area (Å²) in [7, 11) is 2.98. The predicted molar refractivity (Wildman–Crippen MR) is 151 cm³/mol. The van der Waals surface area contributed by atoms with E-state index in [9.17, 15) is 19.5 Å². The van der Waals surface area contributed by atoms with Gasteiger partial charge in [0.05, 0.1) is 26.3 Å². The summed E-state index contributed by atoms with van der Waals surface area (Å²) in [6, 6.07) is 20.2. The van der Waals surface area contributed by atoms with E-state index in [1.165, 1.54) is 24.9 Å². The lowest BCUT2D eigenvalue weighted by Gasteiger charge is -2.10. The first kappa shape index (κ1) is 28.6. The van der Waals surface area contributed by atoms with Crippen LogP contribution in [-0.2, 0) is 20.9 Å². The van der Waals surface area contributed by atoms with E-state index >= 15 is 0 Å². The highest BCUT2D eigenvalue weighted by Gasteiger charge is 2.20. The molecule has 0 aliphatic carbocycles. The van der Waals surface area contributed by atoms with Crippen LogP contribution in [-0.4, -0.2) is 48.3 Å². The fourth-order valence-corrected chi connectivity index (χ4v) is 4.06. The largest absolute Gasteiger partial charge is 0.493 e. The molecule has 0 saturated heterocycles. The standard InChI is InChI=1S/C30H28N4O7/c1-4-41-26(35)18-34-23-13-9-8-12-21(23)27(30(34)38)32-33-29(37)22(31-28(36)20-10-6-5-7-11-20)16-19-14-15-24(39-2)25(17-19)40-3/h5-17,38H,4,18H2,1-3H3,(H,31,36). The molecule has 0 atom stereocenters. The number of nitrogens with zero attached hydrogens (tertiary/aromatic N) is 3. The predicted octanol–water partition coefficient (Wildman–Crippen LogP) is 5.01. The minimum absolute atomic E-state index is 0.0156. The number of benzene rings is 3. The Morgan fingerprint density at radius 2 is 1.66 bits per heavy atom. The monoisotopic (exact) mass is 556 g/mol. The van der Waals surface area contributed by atoms with Crippen molar-refractivity contribution in [2.75, 3.05) is 20.8 Å². The Labute approximate surface area is 235 Å². The van der Waals surface area contributed by atoms with Gasteiger partial charge in [-0.15, -0.1) is 10.2 Å². The van der Waals surface area contributed by atoms with Crippen LogP contribution in [0.4, 0.5) is 5.69 Å². The third kappa shape index (κ3) is 6.59. The summed E-state index contributed by atoms with van der Waals surface area (Å²) in [5, 5.41) is 21.8. The van der Waals surface area contributed by atoms with Gasteiger partial charge in [0.15, 0.2) is 17.2 Å². The number of carbonyl (C=O) groups is 3. The average Bonchev–Trinajstić information content (AvgIpc) is 3.25. The van der Waals surface area contributed by atoms with Crippen molar-refractivity contribution in [3.05, 3.63) is 89.6 Å². The van der Waals surface area contributed by atoms with Gasteiger partial charge in [0, 0.05) is 10.9 Å². The zero-order chi connectivity index (χ0) is 29.4. The summed E-state index contributed by atoms with van der Waals surface area (Å²) in [6.45, 7) is 1.60. The first-order valence-electron chi connectivity index (χ1n) is 12.6. The highest BCUT2D eigenvalue weighted by molar-refractivity contribution is 6.06. The number of hydrogen-bond acceptors (Lipinski definition) is 8. The number of nitrogens with one attached hydrogen (secondary N) is 1. The summed E-state index contributed by atoms with van der Waals surface area (Å²) in [5.74, 6) is -1.43. The third-order valence-corrected chi connectivity index (χ3v) is 5.98. The lowest BCUT2D eigenvalue weighted by Crippen LogP contribution is -2.26. The number of ether oxygens (including phenoxy) is 3. The van der Waals surface area contributed by atoms with Gasteiger partial charge in [-0.25, -0.2) is 0 Å². The summed E-state index contributed by atoms with van der Waals surface area (Å²) < 4.78 is 16.9. The van der Waals surface area contributed by atoms with E-state index in [2.05, 4.69) is 15.5 Å². The van der Waals surface area contributed by atoms with Crippen LogP contribution >= 0.6 is 0 Å². The molecule has 0 unspecified atom stereocenters. The van der Waals surface area contributed by atoms with Crippen LogP contribution in [0.5, 0.6) is 17.4 Å². The molecule has 1 heterocycles. The number of rotatable bonds is 10. The molecule has 1 aromatic heterocycles. The molecule has 0 aliphatic heterocycles. The first-order valence-corrected chi connectivity index (χ1v) is 12.6. The molecule has 210 valence electrons. The van der Waals surface area contributed by atoms with Gasteiger partial charge in [-0.2, -0.15) is 0 Å². The van der Waals surface area contributed by atoms with Crippen LogP contribution in [0.25, 0.3) is 17.0 Å². The lowest BCUT2D eigenvalue weighted by atomic mass is 10.1. The smallest absolute Gasteiger partial charge is 0.326 e. The summed E-state index contributed by atoms with van der Waals surface area (Å²) in [5.41, 5.74) is 1.15. The molecule has 3 aromatic carbocycles. The number of fused-ring (bicyclic) bond motifs is 1. The molecule has 0 saturated carbocycles. The Morgan fingerprint density at radius 1 is 0.951 bits per heavy atom. The number of esters is 1. The summed E-state index contributed by atoms with van der Waals surface area (Å²) in [4.78, 5) is 38.4. The van der Waals surface area contributed by atoms with E-state index in [0.717, 1.165) is 0 Å². The zero-order valence-electron chi connectivity index (χ0n) is 22.7. The topological polar surface area (TPSA) is 141 Å². The van der Waals surface area contributed by atoms with Crippen molar-refractivity contribution in [1.29, 1.82) is 0 Å². The molecule has 0 bridgehead atoms. The highest BCUT2D eigenvalue weighted by Crippen LogP contribution is 2.39. The Hall–Kier alpha value is -5.45. The van der Waals surface area contributed by atoms with E-state index in [0.29, 0.717) is 33.5 Å². The number of aromatic nitrogens is 1. The van der Waals surface area contributed by atoms with Gasteiger partial charge in [-0.05, 0) is 48.9 Å². The van der Waals surface area contributed by atoms with Gasteiger partial charge in [0.25, 0.3) is 5.91 Å². The zero-order valence-corrected chi connectivity index (χ0v) is 22.7. The molecular formula is C30H28N4O7. The number of amides is 2. The molecule has 0 spiro atoms. The third-order valence-electron chi connectivity index (χ3n) is 5.98. The molecule has 2 amide bonds. The van der Waals surface area contributed by atoms with Gasteiger partial charge in [-0.3, -0.25) is 19.0 Å². The second-order valence-electron chi connectivity index (χ2n) is 8.58. The van der Waals surface area contributed by atoms with Gasteiger partial charge < -0.3 is 24.6 Å². The molecular weight excluding hydrogens is 528 g/mol. The first-order chi connectivity index (χ1) is 19.9. The van der Waals surface area contributed by atoms with Crippen LogP contribution in [0.15, 0.2) is 88.7 Å². The molecule has 4 aromatic rings. The number of azo groups is 1. The fraction of sp³-hybridized carbons (Fsp3) is 0.167. The maximum atomic E-state index is 13.3. The van der Waals surface area contributed by atoms with Crippen molar-refractivity contribution in [2.24, 2.45) is 10.2 Å². The lowest BCUT2D eigenvalue weighted by molar-refractivity contribution is -0.143. The minimum atomic E-state index is -0.884. The van der Waals surface area contributed by atoms with Crippen LogP contribution in [0.1, 0.15) is 22.8 Å². The van der Waals surface area contributed by atoms with Crippen LogP contribution in [0.2, 0.25) is 0 Å². The van der Waals surface area contributed by atoms with Gasteiger partial charge in [0.2, 0.25) is 5.88 Å². The number of aromatic hydroxyl groups is 1. The maximum Gasteiger partial charge on any atom is 0.326 e. The summed E-state index contributed by atoms with van der Waals surface area (Å²) in [6.07, 6.45) is 1.42. The van der Waals surface area contributed by atoms with Crippen LogP contribution in [0, 0.1) is 0 Å². The molecule has 41 heavy (non-hydrogen) atoms. The van der Waals surface area contributed by atoms with Gasteiger partial charge in [-0.1, -0.05) is 42.5 Å². The van der Waals surface area contributed by atoms with Gasteiger partial charge in [0.1, 0.15) is 12.2 Å². The Kier molecular flexibility index (Phi) is 9.10. The minimum Gasteiger partial charge on any atom is -0.493 e. The quantitative estimate of drug-likeness (QED) is 0.159. The van der Waals surface area contributed by atoms with Gasteiger partial charge >= 0.3 is 11.9 Å². The maximum absolute atomic E-state index is 13.3. The second-order valence-corrected chi connectivity index (χ2v) is 8.58. The molecule has 4 rings (SSSR count). The molecule has 11 heteroatoms. The van der Waals surface area contributed by atoms with Crippen LogP contribution in [0.3, 0.4) is 0 Å². The molecule has 0 radical (unpaired) electrons. The number of carbonyl (C=O) groups excluding carboxylic acids is 3. The Morgan fingerprint density at radius 3 is 2.37 bits per heavy atom. The van der Waals surface area contributed by atoms with Crippen LogP contribution < -0.4 is 14.8 Å². The van der Waals surface area contributed by atoms with Crippen molar-refractivity contribution in [3.63, 3.8) is 0 Å². The SMILES string of the molecule is CCOC(=O)Cn1c(O)c(N=NC(=O)C(=Cc2ccc(OC)c(OC)c2)NC(=O)c2ccccc2)c2ccccc21. The van der Waals surface area contributed by atoms with E-state index in [-0.39, 0.29) is 30.4 Å². The Bertz CT molecular complexity index is 1640. The average molecular weight is 557 g/mol. The second kappa shape index (κ2) is 13.1. The number of hydrogen-bond donors (Lipinski definition) is 2. The highest BCUT2D eigenvalue weighted by atomic mass is 16.5. The number of methoxy groups -OCH3 is 2. The summed E-state index contributed by atoms with van der Waals surface area (Å²) >= 11 is 0. The van der Waals surface area contributed by atoms with Crippen molar-refractivity contribution in [3.8, 4) is 17.4 Å². The normalized spacial score (nSPS) is 11.4. The van der Waals surface area contributed by atoms with Crippen molar-refractivity contribution < 1.29 is 33.7 Å². The van der Waals surface area contributed by atoms with Crippen molar-refractivity contribution >= 4 is 40.4 Å². The molecule has 11 nitrogen and oxygen atoms in total. The fourth-order valence-electron chi connectivity index (χ4n) is 4.06. The van der Waals surface area contributed by atoms with E-state index in [1.807, 2.05) is 0 Å². The van der Waals surface area contributed by atoms with Crippen molar-refractivity contribution in [2.45, 2.75) is 13.5 Å². The Balaban J connectivity index is 1.72. The molecule has 2 N–H and O–H groups in total. The van der Waals surface area contributed by atoms with E-state index < -0.39 is 17.8 Å². The van der Waals surface area contributed by atoms with E-state index in [1.54, 1.807) is 79.7 Å². The van der Waals surface area contributed by atoms with E-state index in [4.69, 9.17) is 14.2 Å².